The molecule has 4 heteroatoms. The van der Waals surface area contributed by atoms with Crippen LogP contribution in [0.2, 0.25) is 0 Å². The first kappa shape index (κ1) is 38.7. The minimum absolute atomic E-state index is 0. The zero-order valence-corrected chi connectivity index (χ0v) is 4.30. The van der Waals surface area contributed by atoms with Crippen LogP contribution >= 0.6 is 13.5 Å². The van der Waals surface area contributed by atoms with Gasteiger partial charge in [-0.25, -0.2) is 0 Å². The molecule has 0 saturated carbocycles. The van der Waals surface area contributed by atoms with Gasteiger partial charge >= 0.3 is 17.6 Å². The summed E-state index contributed by atoms with van der Waals surface area (Å²) in [6.45, 7) is 0. The Hall–Kier alpha value is 1.93. The first-order valence-electron chi connectivity index (χ1n) is 0. The topological polar surface area (TPSA) is 0 Å². The van der Waals surface area contributed by atoms with Gasteiger partial charge in [0, 0.05) is 34.1 Å². The quantitative estimate of drug-likeness (QED) is 0.451. The summed E-state index contributed by atoms with van der Waals surface area (Å²) >= 11 is 0. The van der Waals surface area contributed by atoms with E-state index in [0.717, 1.165) is 0 Å². The molecule has 0 unspecified atom stereocenters. The summed E-state index contributed by atoms with van der Waals surface area (Å²) in [7, 11) is 0. The normalized spacial score (nSPS) is 0. The smallest absolute Gasteiger partial charge is 0 e. The standard InChI is InChI=1S/Cu.GeH4.Mn.H2S/h;1H4;;1H2. The molecule has 0 N–H and O–H groups in total. The maximum Gasteiger partial charge on any atom is 0 e. The zero-order valence-electron chi connectivity index (χ0n) is 1.18. The molecule has 0 heterocycles. The van der Waals surface area contributed by atoms with Crippen molar-refractivity contribution in [2.24, 2.45) is 0 Å². The zero-order chi connectivity index (χ0) is 0. The Morgan fingerprint density at radius 3 is 1.00 bits per heavy atom. The maximum absolute atomic E-state index is 0. The molecule has 0 spiro atoms. The van der Waals surface area contributed by atoms with Crippen LogP contribution in [0.15, 0.2) is 0 Å². The van der Waals surface area contributed by atoms with Gasteiger partial charge in [-0.1, -0.05) is 0 Å². The molecule has 0 nitrogen and oxygen atoms in total. The van der Waals surface area contributed by atoms with Gasteiger partial charge in [-0.3, -0.25) is 0 Å². The molecular weight excluding hydrogens is 223 g/mol. The van der Waals surface area contributed by atoms with Gasteiger partial charge in [0.2, 0.25) is 0 Å². The van der Waals surface area contributed by atoms with Crippen LogP contribution in [0.3, 0.4) is 0 Å². The third kappa shape index (κ3) is 9.06. The summed E-state index contributed by atoms with van der Waals surface area (Å²) in [5.41, 5.74) is 0. The molecule has 0 aliphatic heterocycles. The molecule has 34 valence electrons. The van der Waals surface area contributed by atoms with Gasteiger partial charge in [0.1, 0.15) is 0 Å². The van der Waals surface area contributed by atoms with Crippen LogP contribution < -0.4 is 0 Å². The monoisotopic (exact) mass is 230 g/mol. The summed E-state index contributed by atoms with van der Waals surface area (Å²) < 4.78 is 0. The van der Waals surface area contributed by atoms with Crippen LogP contribution in [0.25, 0.3) is 0 Å². The van der Waals surface area contributed by atoms with Crippen molar-refractivity contribution >= 4 is 31.1 Å². The van der Waals surface area contributed by atoms with E-state index in [4.69, 9.17) is 0 Å². The molecule has 0 amide bonds. The fourth-order valence-corrected chi connectivity index (χ4v) is 0. The first-order chi connectivity index (χ1) is 0. The van der Waals surface area contributed by atoms with E-state index in [1.54, 1.807) is 0 Å². The predicted octanol–water partition coefficient (Wildman–Crippen LogP) is -1.34. The molecule has 0 rings (SSSR count). The molecule has 0 atom stereocenters. The molecule has 0 aromatic carbocycles. The van der Waals surface area contributed by atoms with Crippen molar-refractivity contribution in [2.75, 3.05) is 0 Å². The summed E-state index contributed by atoms with van der Waals surface area (Å²) in [5.74, 6) is 0. The SMILES string of the molecule is S.[Cu].[GeH4].[Mn]. The van der Waals surface area contributed by atoms with E-state index >= 15 is 0 Å². The second kappa shape index (κ2) is 20.4. The van der Waals surface area contributed by atoms with Gasteiger partial charge in [0.25, 0.3) is 0 Å². The van der Waals surface area contributed by atoms with Crippen molar-refractivity contribution in [3.8, 4) is 0 Å². The van der Waals surface area contributed by atoms with Gasteiger partial charge in [-0.2, -0.15) is 13.5 Å². The molecule has 0 aliphatic carbocycles. The van der Waals surface area contributed by atoms with Crippen molar-refractivity contribution in [1.82, 2.24) is 0 Å². The van der Waals surface area contributed by atoms with E-state index in [1.165, 1.54) is 0 Å². The van der Waals surface area contributed by atoms with Crippen LogP contribution in [0.5, 0.6) is 0 Å². The van der Waals surface area contributed by atoms with Crippen LogP contribution in [0, 0.1) is 0 Å². The van der Waals surface area contributed by atoms with E-state index in [1.807, 2.05) is 0 Å². The first-order valence-corrected chi connectivity index (χ1v) is 0. The molecular formula is H6CuGeMnS. The molecule has 0 saturated heterocycles. The van der Waals surface area contributed by atoms with Gasteiger partial charge in [-0.05, 0) is 0 Å². The Balaban J connectivity index is 0. The van der Waals surface area contributed by atoms with Crippen LogP contribution in [-0.2, 0) is 34.1 Å². The van der Waals surface area contributed by atoms with Gasteiger partial charge in [-0.15, -0.1) is 0 Å². The molecule has 0 aromatic rings. The fraction of sp³-hybridized carbons (Fsp3) is 0. The van der Waals surface area contributed by atoms with Crippen molar-refractivity contribution < 1.29 is 34.1 Å². The van der Waals surface area contributed by atoms with E-state index < -0.39 is 0 Å². The minimum Gasteiger partial charge on any atom is 0 e. The van der Waals surface area contributed by atoms with Gasteiger partial charge < -0.3 is 0 Å². The van der Waals surface area contributed by atoms with E-state index in [-0.39, 0.29) is 65.2 Å². The van der Waals surface area contributed by atoms with Gasteiger partial charge in [0.15, 0.2) is 0 Å². The van der Waals surface area contributed by atoms with E-state index in [9.17, 15) is 0 Å². The molecule has 0 aromatic heterocycles. The molecule has 4 heavy (non-hydrogen) atoms. The maximum atomic E-state index is 0. The van der Waals surface area contributed by atoms with Crippen LogP contribution in [0.1, 0.15) is 0 Å². The second-order valence-corrected chi connectivity index (χ2v) is 0. The Morgan fingerprint density at radius 1 is 1.00 bits per heavy atom. The fourth-order valence-electron chi connectivity index (χ4n) is 0. The Morgan fingerprint density at radius 2 is 1.00 bits per heavy atom. The van der Waals surface area contributed by atoms with Gasteiger partial charge in [0.05, 0.1) is 0 Å². The predicted molar refractivity (Wildman–Crippen MR) is 21.7 cm³/mol. The second-order valence-electron chi connectivity index (χ2n) is 0. The minimum atomic E-state index is 0. The third-order valence-electron chi connectivity index (χ3n) is 0. The number of hydrogen-bond donors (Lipinski definition) is 0. The molecule has 0 fully saturated rings. The summed E-state index contributed by atoms with van der Waals surface area (Å²) in [4.78, 5) is 0. The summed E-state index contributed by atoms with van der Waals surface area (Å²) in [5, 5.41) is 0. The Kier molecular flexibility index (Phi) is 197. The Labute approximate surface area is 64.9 Å². The Bertz CT molecular complexity index is 8.00. The molecule has 0 bridgehead atoms. The number of rotatable bonds is 0. The van der Waals surface area contributed by atoms with Crippen LogP contribution in [0.4, 0.5) is 0 Å². The largest absolute Gasteiger partial charge is 0 e. The average molecular weight is 229 g/mol. The van der Waals surface area contributed by atoms with Crippen molar-refractivity contribution in [1.29, 1.82) is 0 Å². The van der Waals surface area contributed by atoms with Crippen molar-refractivity contribution in [2.45, 2.75) is 0 Å². The average Bonchev–Trinajstić information content (AvgIpc) is 0. The number of hydrogen-bond acceptors (Lipinski definition) is 0. The molecule has 2 radical (unpaired) electrons. The third-order valence-corrected chi connectivity index (χ3v) is 0. The van der Waals surface area contributed by atoms with Crippen molar-refractivity contribution in [3.63, 3.8) is 0 Å². The summed E-state index contributed by atoms with van der Waals surface area (Å²) in [6, 6.07) is 0. The molecule has 0 aliphatic rings. The van der Waals surface area contributed by atoms with Crippen molar-refractivity contribution in [3.05, 3.63) is 0 Å². The van der Waals surface area contributed by atoms with Crippen LogP contribution in [-0.4, -0.2) is 17.6 Å². The van der Waals surface area contributed by atoms with E-state index in [2.05, 4.69) is 0 Å². The summed E-state index contributed by atoms with van der Waals surface area (Å²) in [6.07, 6.45) is 0. The van der Waals surface area contributed by atoms with E-state index in [0.29, 0.717) is 0 Å².